The second-order valence-corrected chi connectivity index (χ2v) is 7.54. The van der Waals surface area contributed by atoms with E-state index in [0.29, 0.717) is 39.4 Å². The van der Waals surface area contributed by atoms with Gasteiger partial charge in [0, 0.05) is 12.0 Å². The van der Waals surface area contributed by atoms with E-state index in [1.54, 1.807) is 25.3 Å². The highest BCUT2D eigenvalue weighted by Crippen LogP contribution is 2.39. The molecule has 1 saturated carbocycles. The smallest absolute Gasteiger partial charge is 0.234 e. The van der Waals surface area contributed by atoms with Crippen LogP contribution in [0, 0.1) is 6.92 Å². The average molecular weight is 401 g/mol. The van der Waals surface area contributed by atoms with Crippen molar-refractivity contribution in [2.24, 2.45) is 0 Å². The highest BCUT2D eigenvalue weighted by atomic mass is 32.2. The number of Topliss-reactive ketones (excluding diaryl/α,β-unsaturated/α-hetero) is 1. The summed E-state index contributed by atoms with van der Waals surface area (Å²) in [6.07, 6.45) is 2.14. The number of carbonyl (C=O) groups excluding carboxylic acids is 2. The lowest BCUT2D eigenvalue weighted by Gasteiger charge is -2.13. The van der Waals surface area contributed by atoms with Crippen LogP contribution in [0.4, 0.5) is 5.69 Å². The molecule has 0 spiro atoms. The lowest BCUT2D eigenvalue weighted by atomic mass is 10.2. The van der Waals surface area contributed by atoms with Gasteiger partial charge in [-0.05, 0) is 38.8 Å². The first-order valence-corrected chi connectivity index (χ1v) is 9.95. The lowest BCUT2D eigenvalue weighted by molar-refractivity contribution is -0.113. The van der Waals surface area contributed by atoms with Crippen molar-refractivity contribution in [3.8, 4) is 11.5 Å². The number of ether oxygens (including phenoxy) is 2. The van der Waals surface area contributed by atoms with E-state index in [1.807, 2.05) is 6.92 Å². The van der Waals surface area contributed by atoms with Gasteiger partial charge in [-0.15, -0.1) is 0 Å². The zero-order chi connectivity index (χ0) is 20.3. The molecule has 1 fully saturated rings. The van der Waals surface area contributed by atoms with Crippen molar-refractivity contribution in [2.45, 2.75) is 37.6 Å². The number of amides is 1. The summed E-state index contributed by atoms with van der Waals surface area (Å²) >= 11 is 1.25. The first kappa shape index (κ1) is 20.1. The predicted octanol–water partition coefficient (Wildman–Crippen LogP) is 3.61. The molecule has 8 heteroatoms. The van der Waals surface area contributed by atoms with E-state index in [1.165, 1.54) is 25.8 Å². The minimum Gasteiger partial charge on any atom is -0.497 e. The summed E-state index contributed by atoms with van der Waals surface area (Å²) < 4.78 is 10.5. The van der Waals surface area contributed by atoms with Gasteiger partial charge < -0.3 is 14.8 Å². The number of thioether (sulfide) groups is 1. The molecule has 28 heavy (non-hydrogen) atoms. The van der Waals surface area contributed by atoms with E-state index in [0.717, 1.165) is 18.7 Å². The zero-order valence-corrected chi connectivity index (χ0v) is 17.2. The minimum absolute atomic E-state index is 0.0976. The summed E-state index contributed by atoms with van der Waals surface area (Å²) in [5, 5.41) is 3.40. The van der Waals surface area contributed by atoms with Crippen LogP contribution in [0.5, 0.6) is 11.5 Å². The maximum atomic E-state index is 12.5. The van der Waals surface area contributed by atoms with Gasteiger partial charge in [0.1, 0.15) is 22.3 Å². The first-order valence-electron chi connectivity index (χ1n) is 8.97. The summed E-state index contributed by atoms with van der Waals surface area (Å²) in [7, 11) is 3.09. The van der Waals surface area contributed by atoms with Crippen LogP contribution in [0.1, 0.15) is 47.6 Å². The zero-order valence-electron chi connectivity index (χ0n) is 16.4. The molecule has 0 aliphatic heterocycles. The van der Waals surface area contributed by atoms with Crippen LogP contribution in [-0.4, -0.2) is 41.6 Å². The van der Waals surface area contributed by atoms with Gasteiger partial charge in [0.15, 0.2) is 5.78 Å². The molecule has 1 aromatic heterocycles. The van der Waals surface area contributed by atoms with Gasteiger partial charge >= 0.3 is 0 Å². The molecule has 1 heterocycles. The van der Waals surface area contributed by atoms with Gasteiger partial charge in [-0.1, -0.05) is 11.8 Å². The molecule has 1 aromatic carbocycles. The molecule has 0 bridgehead atoms. The van der Waals surface area contributed by atoms with Crippen LogP contribution >= 0.6 is 11.8 Å². The Balaban J connectivity index is 1.73. The highest BCUT2D eigenvalue weighted by molar-refractivity contribution is 8.00. The topological polar surface area (TPSA) is 90.4 Å². The third kappa shape index (κ3) is 4.62. The maximum Gasteiger partial charge on any atom is 0.234 e. The highest BCUT2D eigenvalue weighted by Gasteiger charge is 2.29. The van der Waals surface area contributed by atoms with Crippen molar-refractivity contribution in [1.29, 1.82) is 0 Å². The number of carbonyl (C=O) groups is 2. The molecule has 0 saturated heterocycles. The molecule has 1 amide bonds. The van der Waals surface area contributed by atoms with E-state index in [-0.39, 0.29) is 17.4 Å². The summed E-state index contributed by atoms with van der Waals surface area (Å²) in [4.78, 5) is 33.5. The Morgan fingerprint density at radius 3 is 2.57 bits per heavy atom. The fourth-order valence-corrected chi connectivity index (χ4v) is 3.76. The Morgan fingerprint density at radius 2 is 1.96 bits per heavy atom. The minimum atomic E-state index is -0.216. The molecule has 1 aliphatic rings. The fourth-order valence-electron chi connectivity index (χ4n) is 2.82. The van der Waals surface area contributed by atoms with E-state index >= 15 is 0 Å². The van der Waals surface area contributed by atoms with Gasteiger partial charge in [-0.3, -0.25) is 9.59 Å². The Kier molecular flexibility index (Phi) is 6.18. The van der Waals surface area contributed by atoms with Crippen molar-refractivity contribution < 1.29 is 19.1 Å². The van der Waals surface area contributed by atoms with Gasteiger partial charge in [0.2, 0.25) is 5.91 Å². The predicted molar refractivity (Wildman–Crippen MR) is 108 cm³/mol. The number of aromatic nitrogens is 2. The SMILES string of the molecule is COc1ccc(NC(=O)CSc2nc(C3CC3)nc(C)c2C(C)=O)c(OC)c1. The van der Waals surface area contributed by atoms with Crippen LogP contribution in [0.3, 0.4) is 0 Å². The Morgan fingerprint density at radius 1 is 1.21 bits per heavy atom. The summed E-state index contributed by atoms with van der Waals surface area (Å²) in [6.45, 7) is 3.31. The largest absolute Gasteiger partial charge is 0.497 e. The van der Waals surface area contributed by atoms with Gasteiger partial charge in [0.05, 0.1) is 36.9 Å². The molecule has 7 nitrogen and oxygen atoms in total. The molecular weight excluding hydrogens is 378 g/mol. The third-order valence-corrected chi connectivity index (χ3v) is 5.37. The molecule has 2 aromatic rings. The van der Waals surface area contributed by atoms with Crippen LogP contribution < -0.4 is 14.8 Å². The molecule has 0 atom stereocenters. The summed E-state index contributed by atoms with van der Waals surface area (Å²) in [5.41, 5.74) is 1.71. The van der Waals surface area contributed by atoms with Crippen molar-refractivity contribution in [1.82, 2.24) is 9.97 Å². The fraction of sp³-hybridized carbons (Fsp3) is 0.400. The average Bonchev–Trinajstić information content (AvgIpc) is 3.51. The maximum absolute atomic E-state index is 12.5. The Hall–Kier alpha value is -2.61. The number of nitrogens with one attached hydrogen (secondary N) is 1. The van der Waals surface area contributed by atoms with Crippen molar-refractivity contribution in [3.05, 3.63) is 35.3 Å². The van der Waals surface area contributed by atoms with Crippen LogP contribution in [0.15, 0.2) is 23.2 Å². The first-order chi connectivity index (χ1) is 13.4. The van der Waals surface area contributed by atoms with Gasteiger partial charge in [-0.2, -0.15) is 0 Å². The summed E-state index contributed by atoms with van der Waals surface area (Å²) in [6, 6.07) is 5.17. The van der Waals surface area contributed by atoms with E-state index < -0.39 is 0 Å². The lowest BCUT2D eigenvalue weighted by Crippen LogP contribution is -2.16. The van der Waals surface area contributed by atoms with Crippen molar-refractivity contribution in [2.75, 3.05) is 25.3 Å². The number of hydrogen-bond donors (Lipinski definition) is 1. The Labute approximate surface area is 168 Å². The van der Waals surface area contributed by atoms with Crippen LogP contribution in [0.2, 0.25) is 0 Å². The van der Waals surface area contributed by atoms with Gasteiger partial charge in [0.25, 0.3) is 0 Å². The number of ketones is 1. The molecule has 1 N–H and O–H groups in total. The van der Waals surface area contributed by atoms with Crippen molar-refractivity contribution in [3.63, 3.8) is 0 Å². The molecule has 148 valence electrons. The normalized spacial score (nSPS) is 13.1. The van der Waals surface area contributed by atoms with Crippen LogP contribution in [-0.2, 0) is 4.79 Å². The number of methoxy groups -OCH3 is 2. The Bertz CT molecular complexity index is 913. The number of aryl methyl sites for hydroxylation is 1. The quantitative estimate of drug-likeness (QED) is 0.410. The third-order valence-electron chi connectivity index (χ3n) is 4.39. The van der Waals surface area contributed by atoms with E-state index in [9.17, 15) is 9.59 Å². The standard InChI is InChI=1S/C20H23N3O4S/c1-11-18(12(2)24)20(23-19(21-11)13-5-6-13)28-10-17(25)22-15-8-7-14(26-3)9-16(15)27-4/h7-9,13H,5-6,10H2,1-4H3,(H,22,25). The molecule has 1 aliphatic carbocycles. The molecule has 3 rings (SSSR count). The second kappa shape index (κ2) is 8.60. The number of nitrogens with zero attached hydrogens (tertiary/aromatic N) is 2. The second-order valence-electron chi connectivity index (χ2n) is 6.58. The monoisotopic (exact) mass is 401 g/mol. The van der Waals surface area contributed by atoms with E-state index in [4.69, 9.17) is 9.47 Å². The van der Waals surface area contributed by atoms with Crippen LogP contribution in [0.25, 0.3) is 0 Å². The number of benzene rings is 1. The van der Waals surface area contributed by atoms with Crippen molar-refractivity contribution >= 4 is 29.1 Å². The molecule has 0 unspecified atom stereocenters. The number of rotatable bonds is 8. The number of anilines is 1. The molecule has 0 radical (unpaired) electrons. The number of hydrogen-bond acceptors (Lipinski definition) is 7. The molecular formula is C20H23N3O4S. The van der Waals surface area contributed by atoms with E-state index in [2.05, 4.69) is 15.3 Å². The summed E-state index contributed by atoms with van der Waals surface area (Å²) in [5.74, 6) is 2.09. The van der Waals surface area contributed by atoms with Gasteiger partial charge in [-0.25, -0.2) is 9.97 Å².